The molecule has 1 unspecified atom stereocenters. The van der Waals surface area contributed by atoms with E-state index in [4.69, 9.17) is 4.74 Å². The molecule has 1 atom stereocenters. The fourth-order valence-corrected chi connectivity index (χ4v) is 1.87. The summed E-state index contributed by atoms with van der Waals surface area (Å²) in [6, 6.07) is 15.0. The number of carbonyl (C=O) groups is 1. The van der Waals surface area contributed by atoms with Gasteiger partial charge in [0.25, 0.3) is 0 Å². The van der Waals surface area contributed by atoms with Gasteiger partial charge in [-0.1, -0.05) is 36.4 Å². The fraction of sp³-hybridized carbons (Fsp3) is 0.188. The molecule has 1 N–H and O–H groups in total. The van der Waals surface area contributed by atoms with Crippen LogP contribution in [0.3, 0.4) is 0 Å². The summed E-state index contributed by atoms with van der Waals surface area (Å²) in [6.07, 6.45) is 0.380. The third-order valence-corrected chi connectivity index (χ3v) is 2.92. The van der Waals surface area contributed by atoms with Crippen molar-refractivity contribution < 1.29 is 19.0 Å². The van der Waals surface area contributed by atoms with E-state index in [2.05, 4.69) is 0 Å². The number of rotatable bonds is 6. The summed E-state index contributed by atoms with van der Waals surface area (Å²) in [7, 11) is 0. The van der Waals surface area contributed by atoms with Gasteiger partial charge in [0.05, 0.1) is 5.92 Å². The predicted molar refractivity (Wildman–Crippen MR) is 73.2 cm³/mol. The number of hydrogen-bond donors (Lipinski definition) is 1. The van der Waals surface area contributed by atoms with E-state index < -0.39 is 17.7 Å². The van der Waals surface area contributed by atoms with Crippen molar-refractivity contribution in [3.8, 4) is 5.75 Å². The number of benzene rings is 2. The van der Waals surface area contributed by atoms with Gasteiger partial charge in [0.15, 0.2) is 0 Å². The average Bonchev–Trinajstić information content (AvgIpc) is 2.44. The fourth-order valence-electron chi connectivity index (χ4n) is 1.87. The number of carboxylic acids is 1. The van der Waals surface area contributed by atoms with E-state index in [-0.39, 0.29) is 6.61 Å². The second kappa shape index (κ2) is 6.70. The largest absolute Gasteiger partial charge is 0.493 e. The van der Waals surface area contributed by atoms with Gasteiger partial charge in [0.1, 0.15) is 18.2 Å². The summed E-state index contributed by atoms with van der Waals surface area (Å²) in [5, 5.41) is 9.21. The zero-order valence-corrected chi connectivity index (χ0v) is 10.8. The number of halogens is 1. The molecule has 0 saturated heterocycles. The molecule has 0 amide bonds. The van der Waals surface area contributed by atoms with E-state index >= 15 is 0 Å². The first kappa shape index (κ1) is 14.1. The maximum Gasteiger partial charge on any atom is 0.310 e. The molecule has 0 saturated carbocycles. The van der Waals surface area contributed by atoms with Crippen LogP contribution in [0.25, 0.3) is 0 Å². The van der Waals surface area contributed by atoms with Gasteiger partial charge in [-0.2, -0.15) is 0 Å². The number of ether oxygens (including phenoxy) is 1. The Bertz CT molecular complexity index is 569. The zero-order valence-electron chi connectivity index (χ0n) is 10.8. The van der Waals surface area contributed by atoms with E-state index in [1.54, 1.807) is 6.07 Å². The summed E-state index contributed by atoms with van der Waals surface area (Å²) in [5.74, 6) is -1.66. The van der Waals surface area contributed by atoms with Crippen molar-refractivity contribution >= 4 is 5.97 Å². The molecule has 0 aromatic heterocycles. The Morgan fingerprint density at radius 1 is 1.15 bits per heavy atom. The molecule has 0 aliphatic heterocycles. The molecule has 0 aliphatic rings. The first-order chi connectivity index (χ1) is 9.65. The van der Waals surface area contributed by atoms with Crippen LogP contribution in [0.15, 0.2) is 54.6 Å². The van der Waals surface area contributed by atoms with Gasteiger partial charge in [-0.15, -0.1) is 0 Å². The number of aliphatic carboxylic acids is 1. The highest BCUT2D eigenvalue weighted by atomic mass is 19.1. The summed E-state index contributed by atoms with van der Waals surface area (Å²) in [6.45, 7) is 0.00762. The lowest BCUT2D eigenvalue weighted by molar-refractivity contribution is -0.142. The Morgan fingerprint density at radius 2 is 1.90 bits per heavy atom. The maximum atomic E-state index is 13.0. The Kier molecular flexibility index (Phi) is 4.71. The maximum absolute atomic E-state index is 13.0. The Hall–Kier alpha value is -2.36. The van der Waals surface area contributed by atoms with Crippen LogP contribution in [0.1, 0.15) is 5.56 Å². The molecule has 2 rings (SSSR count). The average molecular weight is 274 g/mol. The van der Waals surface area contributed by atoms with Gasteiger partial charge in [0, 0.05) is 6.07 Å². The lowest BCUT2D eigenvalue weighted by Gasteiger charge is -2.14. The lowest BCUT2D eigenvalue weighted by Crippen LogP contribution is -2.23. The summed E-state index contributed by atoms with van der Waals surface area (Å²) < 4.78 is 18.4. The molecule has 2 aromatic rings. The molecule has 0 heterocycles. The third-order valence-electron chi connectivity index (χ3n) is 2.92. The Labute approximate surface area is 116 Å². The van der Waals surface area contributed by atoms with Crippen molar-refractivity contribution in [2.45, 2.75) is 6.42 Å². The smallest absolute Gasteiger partial charge is 0.310 e. The minimum atomic E-state index is -0.926. The molecule has 0 aliphatic carbocycles. The number of carboxylic acid groups (broad SMARTS) is 1. The molecule has 4 heteroatoms. The van der Waals surface area contributed by atoms with Crippen molar-refractivity contribution in [3.63, 3.8) is 0 Å². The zero-order chi connectivity index (χ0) is 14.4. The lowest BCUT2D eigenvalue weighted by atomic mass is 10.0. The second-order valence-electron chi connectivity index (χ2n) is 4.49. The first-order valence-electron chi connectivity index (χ1n) is 6.30. The van der Waals surface area contributed by atoms with Gasteiger partial charge in [-0.05, 0) is 24.1 Å². The standard InChI is InChI=1S/C16H15FO3/c17-14-7-4-8-15(10-14)20-11-13(16(18)19)9-12-5-2-1-3-6-12/h1-8,10,13H,9,11H2,(H,18,19). The normalized spacial score (nSPS) is 11.8. The van der Waals surface area contributed by atoms with Crippen LogP contribution in [0, 0.1) is 11.7 Å². The SMILES string of the molecule is O=C(O)C(COc1cccc(F)c1)Cc1ccccc1. The van der Waals surface area contributed by atoms with E-state index in [0.29, 0.717) is 12.2 Å². The van der Waals surface area contributed by atoms with Crippen LogP contribution in [0.4, 0.5) is 4.39 Å². The topological polar surface area (TPSA) is 46.5 Å². The van der Waals surface area contributed by atoms with Crippen molar-refractivity contribution in [1.82, 2.24) is 0 Å². The predicted octanol–water partition coefficient (Wildman–Crippen LogP) is 3.15. The van der Waals surface area contributed by atoms with Crippen LogP contribution in [0.2, 0.25) is 0 Å². The minimum Gasteiger partial charge on any atom is -0.493 e. The van der Waals surface area contributed by atoms with E-state index in [9.17, 15) is 14.3 Å². The summed E-state index contributed by atoms with van der Waals surface area (Å²) in [4.78, 5) is 11.2. The van der Waals surface area contributed by atoms with Crippen molar-refractivity contribution in [3.05, 3.63) is 66.0 Å². The van der Waals surface area contributed by atoms with Crippen molar-refractivity contribution in [1.29, 1.82) is 0 Å². The molecule has 0 bridgehead atoms. The van der Waals surface area contributed by atoms with Gasteiger partial charge < -0.3 is 9.84 Å². The van der Waals surface area contributed by atoms with Gasteiger partial charge in [-0.25, -0.2) is 4.39 Å². The van der Waals surface area contributed by atoms with Gasteiger partial charge >= 0.3 is 5.97 Å². The van der Waals surface area contributed by atoms with Crippen LogP contribution >= 0.6 is 0 Å². The highest BCUT2D eigenvalue weighted by Crippen LogP contribution is 2.15. The summed E-state index contributed by atoms with van der Waals surface area (Å²) in [5.41, 5.74) is 0.933. The van der Waals surface area contributed by atoms with Crippen LogP contribution < -0.4 is 4.74 Å². The third kappa shape index (κ3) is 4.09. The Morgan fingerprint density at radius 3 is 2.55 bits per heavy atom. The van der Waals surface area contributed by atoms with Gasteiger partial charge in [0.2, 0.25) is 0 Å². The molecular formula is C16H15FO3. The van der Waals surface area contributed by atoms with Gasteiger partial charge in [-0.3, -0.25) is 4.79 Å². The van der Waals surface area contributed by atoms with Crippen LogP contribution in [-0.4, -0.2) is 17.7 Å². The van der Waals surface area contributed by atoms with Crippen molar-refractivity contribution in [2.24, 2.45) is 5.92 Å². The molecule has 3 nitrogen and oxygen atoms in total. The molecule has 0 spiro atoms. The molecule has 20 heavy (non-hydrogen) atoms. The number of hydrogen-bond acceptors (Lipinski definition) is 2. The van der Waals surface area contributed by atoms with Crippen LogP contribution in [-0.2, 0) is 11.2 Å². The molecular weight excluding hydrogens is 259 g/mol. The molecule has 0 fully saturated rings. The Balaban J connectivity index is 1.98. The van der Waals surface area contributed by atoms with Crippen LogP contribution in [0.5, 0.6) is 5.75 Å². The first-order valence-corrected chi connectivity index (χ1v) is 6.30. The monoisotopic (exact) mass is 274 g/mol. The second-order valence-corrected chi connectivity index (χ2v) is 4.49. The summed E-state index contributed by atoms with van der Waals surface area (Å²) >= 11 is 0. The molecule has 2 aromatic carbocycles. The quantitative estimate of drug-likeness (QED) is 0.880. The van der Waals surface area contributed by atoms with E-state index in [0.717, 1.165) is 5.56 Å². The molecule has 0 radical (unpaired) electrons. The highest BCUT2D eigenvalue weighted by Gasteiger charge is 2.19. The van der Waals surface area contributed by atoms with E-state index in [1.165, 1.54) is 18.2 Å². The van der Waals surface area contributed by atoms with E-state index in [1.807, 2.05) is 30.3 Å². The van der Waals surface area contributed by atoms with Crippen molar-refractivity contribution in [2.75, 3.05) is 6.61 Å². The molecule has 104 valence electrons. The minimum absolute atomic E-state index is 0.00762. The highest BCUT2D eigenvalue weighted by molar-refractivity contribution is 5.70.